The Kier molecular flexibility index (Phi) is 5.36. The first-order valence-electron chi connectivity index (χ1n) is 7.65. The Morgan fingerprint density at radius 3 is 2.46 bits per heavy atom. The number of likely N-dealkylation sites (N-methyl/N-ethyl adjacent to an activating group) is 1. The third-order valence-corrected chi connectivity index (χ3v) is 3.93. The van der Waals surface area contributed by atoms with E-state index < -0.39 is 23.8 Å². The van der Waals surface area contributed by atoms with Crippen LogP contribution in [0.25, 0.3) is 0 Å². The zero-order chi connectivity index (χ0) is 17.9. The van der Waals surface area contributed by atoms with E-state index in [1.165, 1.54) is 12.1 Å². The summed E-state index contributed by atoms with van der Waals surface area (Å²) in [6.07, 6.45) is -3.40. The Labute approximate surface area is 138 Å². The smallest absolute Gasteiger partial charge is 0.344 e. The first kappa shape index (κ1) is 18.1. The first-order chi connectivity index (χ1) is 11.2. The van der Waals surface area contributed by atoms with E-state index in [-0.39, 0.29) is 11.9 Å². The van der Waals surface area contributed by atoms with E-state index in [1.54, 1.807) is 18.9 Å². The molecule has 0 radical (unpaired) electrons. The van der Waals surface area contributed by atoms with Gasteiger partial charge >= 0.3 is 12.2 Å². The topological polar surface area (TPSA) is 61.4 Å². The molecular weight excluding hydrogens is 323 g/mol. The molecule has 8 heteroatoms. The number of hydrogen-bond donors (Lipinski definition) is 2. The van der Waals surface area contributed by atoms with Crippen molar-refractivity contribution in [1.82, 2.24) is 15.5 Å². The van der Waals surface area contributed by atoms with Crippen LogP contribution in [-0.2, 0) is 17.4 Å². The Balaban J connectivity index is 1.83. The van der Waals surface area contributed by atoms with Crippen molar-refractivity contribution in [2.45, 2.75) is 38.0 Å². The molecule has 0 spiro atoms. The summed E-state index contributed by atoms with van der Waals surface area (Å²) in [6.45, 7) is 2.35. The molecule has 2 N–H and O–H groups in total. The minimum absolute atomic E-state index is 0.124. The molecule has 1 fully saturated rings. The molecule has 2 rings (SSSR count). The van der Waals surface area contributed by atoms with Crippen LogP contribution in [0.15, 0.2) is 24.3 Å². The van der Waals surface area contributed by atoms with Gasteiger partial charge in [-0.05, 0) is 37.5 Å². The van der Waals surface area contributed by atoms with Crippen LogP contribution in [0.3, 0.4) is 0 Å². The van der Waals surface area contributed by atoms with Gasteiger partial charge < -0.3 is 15.5 Å². The summed E-state index contributed by atoms with van der Waals surface area (Å²) in [5.74, 6) is -0.124. The number of amides is 3. The molecule has 24 heavy (non-hydrogen) atoms. The molecule has 0 saturated carbocycles. The van der Waals surface area contributed by atoms with Gasteiger partial charge in [0.2, 0.25) is 5.91 Å². The maximum Gasteiger partial charge on any atom is 0.416 e. The standard InChI is InChI=1S/C16H20F3N3O2/c1-10(9-11-3-5-12(6-4-11)16(17,18)19)20-15(24)21-13-7-8-22(2)14(13)23/h3-6,10,13H,7-9H2,1-2H3,(H2,20,21,24)/t10-,13+/m0/s1. The number of urea groups is 1. The van der Waals surface area contributed by atoms with Crippen molar-refractivity contribution in [2.24, 2.45) is 0 Å². The van der Waals surface area contributed by atoms with Crippen molar-refractivity contribution in [1.29, 1.82) is 0 Å². The third-order valence-electron chi connectivity index (χ3n) is 3.93. The first-order valence-corrected chi connectivity index (χ1v) is 7.65. The molecule has 1 heterocycles. The zero-order valence-electron chi connectivity index (χ0n) is 13.5. The van der Waals surface area contributed by atoms with Crippen molar-refractivity contribution in [3.05, 3.63) is 35.4 Å². The van der Waals surface area contributed by atoms with Gasteiger partial charge in [0.1, 0.15) is 6.04 Å². The largest absolute Gasteiger partial charge is 0.416 e. The number of likely N-dealkylation sites (tertiary alicyclic amines) is 1. The maximum atomic E-state index is 12.5. The van der Waals surface area contributed by atoms with Gasteiger partial charge in [-0.25, -0.2) is 4.79 Å². The highest BCUT2D eigenvalue weighted by Gasteiger charge is 2.31. The second-order valence-electron chi connectivity index (χ2n) is 6.02. The fourth-order valence-corrected chi connectivity index (χ4v) is 2.61. The van der Waals surface area contributed by atoms with Gasteiger partial charge in [-0.3, -0.25) is 4.79 Å². The second-order valence-corrected chi connectivity index (χ2v) is 6.02. The average molecular weight is 343 g/mol. The van der Waals surface area contributed by atoms with Gasteiger partial charge in [0.05, 0.1) is 5.56 Å². The van der Waals surface area contributed by atoms with Crippen molar-refractivity contribution >= 4 is 11.9 Å². The number of benzene rings is 1. The van der Waals surface area contributed by atoms with Crippen molar-refractivity contribution < 1.29 is 22.8 Å². The van der Waals surface area contributed by atoms with Gasteiger partial charge in [-0.1, -0.05) is 12.1 Å². The molecule has 1 aliphatic rings. The quantitative estimate of drug-likeness (QED) is 0.880. The van der Waals surface area contributed by atoms with Gasteiger partial charge in [0.15, 0.2) is 0 Å². The Bertz CT molecular complexity index is 602. The molecule has 5 nitrogen and oxygen atoms in total. The SMILES string of the molecule is C[C@@H](Cc1ccc(C(F)(F)F)cc1)NC(=O)N[C@@H]1CCN(C)C1=O. The summed E-state index contributed by atoms with van der Waals surface area (Å²) in [7, 11) is 1.68. The van der Waals surface area contributed by atoms with Crippen LogP contribution in [0.5, 0.6) is 0 Å². The molecule has 1 aromatic carbocycles. The minimum atomic E-state index is -4.36. The molecule has 0 aliphatic carbocycles. The molecule has 132 valence electrons. The van der Waals surface area contributed by atoms with Crippen LogP contribution in [0.2, 0.25) is 0 Å². The van der Waals surface area contributed by atoms with Gasteiger partial charge in [0.25, 0.3) is 0 Å². The van der Waals surface area contributed by atoms with E-state index in [0.717, 1.165) is 12.1 Å². The summed E-state index contributed by atoms with van der Waals surface area (Å²) < 4.78 is 37.5. The molecule has 0 unspecified atom stereocenters. The van der Waals surface area contributed by atoms with Gasteiger partial charge in [-0.2, -0.15) is 13.2 Å². The number of rotatable bonds is 4. The van der Waals surface area contributed by atoms with Crippen LogP contribution in [0, 0.1) is 0 Å². The molecule has 1 saturated heterocycles. The Hall–Kier alpha value is -2.25. The molecule has 3 amide bonds. The fourth-order valence-electron chi connectivity index (χ4n) is 2.61. The number of halogens is 3. The summed E-state index contributed by atoms with van der Waals surface area (Å²) in [5, 5.41) is 5.31. The van der Waals surface area contributed by atoms with E-state index >= 15 is 0 Å². The molecule has 1 aromatic rings. The average Bonchev–Trinajstić information content (AvgIpc) is 2.78. The van der Waals surface area contributed by atoms with Crippen LogP contribution in [0.4, 0.5) is 18.0 Å². The lowest BCUT2D eigenvalue weighted by molar-refractivity contribution is -0.137. The summed E-state index contributed by atoms with van der Waals surface area (Å²) >= 11 is 0. The normalized spacial score (nSPS) is 19.3. The van der Waals surface area contributed by atoms with Crippen molar-refractivity contribution in [3.63, 3.8) is 0 Å². The lowest BCUT2D eigenvalue weighted by Crippen LogP contribution is -2.48. The second kappa shape index (κ2) is 7.11. The van der Waals surface area contributed by atoms with Crippen LogP contribution in [-0.4, -0.2) is 42.5 Å². The highest BCUT2D eigenvalue weighted by Crippen LogP contribution is 2.29. The Morgan fingerprint density at radius 1 is 1.33 bits per heavy atom. The highest BCUT2D eigenvalue weighted by atomic mass is 19.4. The van der Waals surface area contributed by atoms with Crippen molar-refractivity contribution in [2.75, 3.05) is 13.6 Å². The Morgan fingerprint density at radius 2 is 1.96 bits per heavy atom. The van der Waals surface area contributed by atoms with Crippen LogP contribution in [0.1, 0.15) is 24.5 Å². The number of nitrogens with zero attached hydrogens (tertiary/aromatic N) is 1. The van der Waals surface area contributed by atoms with E-state index in [4.69, 9.17) is 0 Å². The number of nitrogens with one attached hydrogen (secondary N) is 2. The predicted octanol–water partition coefficient (Wildman–Crippen LogP) is 2.17. The van der Waals surface area contributed by atoms with E-state index in [1.807, 2.05) is 0 Å². The van der Waals surface area contributed by atoms with E-state index in [2.05, 4.69) is 10.6 Å². The lowest BCUT2D eigenvalue weighted by Gasteiger charge is -2.17. The zero-order valence-corrected chi connectivity index (χ0v) is 13.5. The fraction of sp³-hybridized carbons (Fsp3) is 0.500. The molecular formula is C16H20F3N3O2. The van der Waals surface area contributed by atoms with E-state index in [9.17, 15) is 22.8 Å². The maximum absolute atomic E-state index is 12.5. The monoisotopic (exact) mass is 343 g/mol. The minimum Gasteiger partial charge on any atom is -0.344 e. The summed E-state index contributed by atoms with van der Waals surface area (Å²) in [4.78, 5) is 25.2. The highest BCUT2D eigenvalue weighted by molar-refractivity contribution is 5.88. The molecule has 0 bridgehead atoms. The summed E-state index contributed by atoms with van der Waals surface area (Å²) in [6, 6.07) is 3.58. The number of carbonyl (C=O) groups is 2. The number of hydrogen-bond acceptors (Lipinski definition) is 2. The van der Waals surface area contributed by atoms with Crippen LogP contribution >= 0.6 is 0 Å². The summed E-state index contributed by atoms with van der Waals surface area (Å²) in [5.41, 5.74) is -0.0130. The molecule has 2 atom stereocenters. The molecule has 1 aliphatic heterocycles. The van der Waals surface area contributed by atoms with Gasteiger partial charge in [-0.15, -0.1) is 0 Å². The lowest BCUT2D eigenvalue weighted by atomic mass is 10.1. The third kappa shape index (κ3) is 4.62. The van der Waals surface area contributed by atoms with Gasteiger partial charge in [0, 0.05) is 19.6 Å². The molecule has 0 aromatic heterocycles. The number of carbonyl (C=O) groups excluding carboxylic acids is 2. The van der Waals surface area contributed by atoms with E-state index in [0.29, 0.717) is 24.9 Å². The van der Waals surface area contributed by atoms with Crippen molar-refractivity contribution in [3.8, 4) is 0 Å². The number of alkyl halides is 3. The van der Waals surface area contributed by atoms with Crippen LogP contribution < -0.4 is 10.6 Å². The predicted molar refractivity (Wildman–Crippen MR) is 82.3 cm³/mol.